The number of nitrogen functional groups attached to an aromatic ring is 1. The number of pyridine rings is 1. The van der Waals surface area contributed by atoms with Gasteiger partial charge in [-0.3, -0.25) is 4.79 Å². The predicted octanol–water partition coefficient (Wildman–Crippen LogP) is 2.53. The lowest BCUT2D eigenvalue weighted by Crippen LogP contribution is -2.13. The van der Waals surface area contributed by atoms with Crippen molar-refractivity contribution in [3.05, 3.63) is 47.2 Å². The van der Waals surface area contributed by atoms with Crippen LogP contribution >= 0.6 is 11.8 Å². The van der Waals surface area contributed by atoms with Crippen molar-refractivity contribution >= 4 is 23.4 Å². The van der Waals surface area contributed by atoms with Crippen LogP contribution in [0.2, 0.25) is 0 Å². The van der Waals surface area contributed by atoms with Crippen molar-refractivity contribution in [2.24, 2.45) is 5.73 Å². The molecule has 0 aliphatic heterocycles. The highest BCUT2D eigenvalue weighted by Gasteiger charge is 2.08. The van der Waals surface area contributed by atoms with Gasteiger partial charge in [0.05, 0.1) is 5.56 Å². The molecule has 0 saturated carbocycles. The smallest absolute Gasteiger partial charge is 0.250 e. The minimum absolute atomic E-state index is 0.342. The molecule has 0 aliphatic rings. The maximum atomic E-state index is 11.3. The normalized spacial score (nSPS) is 10.4. The molecule has 5 heteroatoms. The summed E-state index contributed by atoms with van der Waals surface area (Å²) in [5.41, 5.74) is 13.8. The van der Waals surface area contributed by atoms with Crippen molar-refractivity contribution in [2.75, 3.05) is 5.73 Å². The van der Waals surface area contributed by atoms with Crippen molar-refractivity contribution < 1.29 is 4.79 Å². The quantitative estimate of drug-likeness (QED) is 0.842. The fourth-order valence-electron chi connectivity index (χ4n) is 1.79. The van der Waals surface area contributed by atoms with Gasteiger partial charge in [-0.2, -0.15) is 0 Å². The lowest BCUT2D eigenvalue weighted by Gasteiger charge is -2.07. The number of hydrogen-bond donors (Lipinski definition) is 2. The third kappa shape index (κ3) is 3.26. The van der Waals surface area contributed by atoms with Gasteiger partial charge in [-0.05, 0) is 49.7 Å². The van der Waals surface area contributed by atoms with E-state index in [0.717, 1.165) is 21.2 Å². The Morgan fingerprint density at radius 1 is 1.21 bits per heavy atom. The van der Waals surface area contributed by atoms with Gasteiger partial charge in [0, 0.05) is 16.3 Å². The van der Waals surface area contributed by atoms with Crippen LogP contribution in [0.3, 0.4) is 0 Å². The van der Waals surface area contributed by atoms with Crippen LogP contribution < -0.4 is 11.5 Å². The number of carbonyl (C=O) groups is 1. The summed E-state index contributed by atoms with van der Waals surface area (Å²) in [4.78, 5) is 16.6. The summed E-state index contributed by atoms with van der Waals surface area (Å²) in [6, 6.07) is 9.25. The number of carbonyl (C=O) groups excluding carboxylic acids is 1. The molecule has 98 valence electrons. The first-order chi connectivity index (χ1) is 8.95. The van der Waals surface area contributed by atoms with E-state index in [4.69, 9.17) is 11.5 Å². The molecule has 0 bridgehead atoms. The molecule has 0 saturated heterocycles. The van der Waals surface area contributed by atoms with Gasteiger partial charge in [0.1, 0.15) is 5.03 Å². The molecule has 1 aromatic heterocycles. The minimum Gasteiger partial charge on any atom is -0.398 e. The molecular weight excluding hydrogens is 258 g/mol. The lowest BCUT2D eigenvalue weighted by molar-refractivity contribution is 0.100. The zero-order valence-corrected chi connectivity index (χ0v) is 11.6. The highest BCUT2D eigenvalue weighted by Crippen LogP contribution is 2.29. The first-order valence-electron chi connectivity index (χ1n) is 5.78. The van der Waals surface area contributed by atoms with Gasteiger partial charge >= 0.3 is 0 Å². The molecular formula is C14H15N3OS. The van der Waals surface area contributed by atoms with Gasteiger partial charge in [0.15, 0.2) is 0 Å². The standard InChI is InChI=1S/C14H15N3OS/c1-8-5-9(2)17-13(6-8)19-10-3-4-12(15)11(7-10)14(16)18/h3-7H,15H2,1-2H3,(H2,16,18). The van der Waals surface area contributed by atoms with Crippen LogP contribution in [0.4, 0.5) is 5.69 Å². The zero-order chi connectivity index (χ0) is 14.0. The van der Waals surface area contributed by atoms with Crippen molar-refractivity contribution in [2.45, 2.75) is 23.8 Å². The van der Waals surface area contributed by atoms with Gasteiger partial charge < -0.3 is 11.5 Å². The molecule has 1 heterocycles. The molecule has 0 spiro atoms. The average molecular weight is 273 g/mol. The largest absolute Gasteiger partial charge is 0.398 e. The summed E-state index contributed by atoms with van der Waals surface area (Å²) in [6.45, 7) is 3.98. The lowest BCUT2D eigenvalue weighted by atomic mass is 10.2. The predicted molar refractivity (Wildman–Crippen MR) is 77.2 cm³/mol. The molecule has 0 aliphatic carbocycles. The van der Waals surface area contributed by atoms with E-state index in [2.05, 4.69) is 4.98 Å². The number of amides is 1. The summed E-state index contributed by atoms with van der Waals surface area (Å²) >= 11 is 1.48. The number of rotatable bonds is 3. The van der Waals surface area contributed by atoms with Crippen LogP contribution in [0.15, 0.2) is 40.3 Å². The average Bonchev–Trinajstić information content (AvgIpc) is 2.30. The number of nitrogens with two attached hydrogens (primary N) is 2. The molecule has 0 fully saturated rings. The Balaban J connectivity index is 2.33. The number of aryl methyl sites for hydroxylation is 2. The number of anilines is 1. The maximum absolute atomic E-state index is 11.3. The molecule has 0 atom stereocenters. The third-order valence-corrected chi connectivity index (χ3v) is 3.49. The van der Waals surface area contributed by atoms with Crippen molar-refractivity contribution in [1.29, 1.82) is 0 Å². The molecule has 4 nitrogen and oxygen atoms in total. The Morgan fingerprint density at radius 2 is 1.95 bits per heavy atom. The number of hydrogen-bond acceptors (Lipinski definition) is 4. The minimum atomic E-state index is -0.520. The summed E-state index contributed by atoms with van der Waals surface area (Å²) in [5, 5.41) is 0.887. The first-order valence-corrected chi connectivity index (χ1v) is 6.60. The number of aromatic nitrogens is 1. The zero-order valence-electron chi connectivity index (χ0n) is 10.8. The summed E-state index contributed by atoms with van der Waals surface area (Å²) in [5.74, 6) is -0.520. The van der Waals surface area contributed by atoms with E-state index in [-0.39, 0.29) is 0 Å². The topological polar surface area (TPSA) is 82.0 Å². The fraction of sp³-hybridized carbons (Fsp3) is 0.143. The molecule has 1 amide bonds. The fourth-order valence-corrected chi connectivity index (χ4v) is 2.78. The van der Waals surface area contributed by atoms with Gasteiger partial charge in [-0.15, -0.1) is 0 Å². The van der Waals surface area contributed by atoms with Crippen LogP contribution in [0.5, 0.6) is 0 Å². The third-order valence-electron chi connectivity index (χ3n) is 2.59. The van der Waals surface area contributed by atoms with E-state index in [1.165, 1.54) is 11.8 Å². The van der Waals surface area contributed by atoms with E-state index in [1.807, 2.05) is 32.0 Å². The maximum Gasteiger partial charge on any atom is 0.250 e. The Bertz CT molecular complexity index is 620. The SMILES string of the molecule is Cc1cc(C)nc(Sc2ccc(N)c(C(N)=O)c2)c1. The van der Waals surface area contributed by atoms with E-state index in [9.17, 15) is 4.79 Å². The summed E-state index contributed by atoms with van der Waals surface area (Å²) < 4.78 is 0. The molecule has 2 aromatic rings. The molecule has 1 aromatic carbocycles. The van der Waals surface area contributed by atoms with Crippen LogP contribution in [-0.4, -0.2) is 10.9 Å². The van der Waals surface area contributed by atoms with E-state index in [1.54, 1.807) is 12.1 Å². The molecule has 2 rings (SSSR count). The number of primary amides is 1. The Morgan fingerprint density at radius 3 is 2.58 bits per heavy atom. The van der Waals surface area contributed by atoms with Crippen LogP contribution in [0, 0.1) is 13.8 Å². The summed E-state index contributed by atoms with van der Waals surface area (Å²) in [6.07, 6.45) is 0. The van der Waals surface area contributed by atoms with E-state index < -0.39 is 5.91 Å². The van der Waals surface area contributed by atoms with E-state index >= 15 is 0 Å². The highest BCUT2D eigenvalue weighted by atomic mass is 32.2. The van der Waals surface area contributed by atoms with Crippen molar-refractivity contribution in [3.8, 4) is 0 Å². The van der Waals surface area contributed by atoms with Crippen LogP contribution in [-0.2, 0) is 0 Å². The Kier molecular flexibility index (Phi) is 3.76. The van der Waals surface area contributed by atoms with Crippen molar-refractivity contribution in [1.82, 2.24) is 4.98 Å². The van der Waals surface area contributed by atoms with Gasteiger partial charge in [0.2, 0.25) is 0 Å². The second-order valence-electron chi connectivity index (χ2n) is 4.34. The van der Waals surface area contributed by atoms with Crippen molar-refractivity contribution in [3.63, 3.8) is 0 Å². The molecule has 19 heavy (non-hydrogen) atoms. The second-order valence-corrected chi connectivity index (χ2v) is 5.43. The Labute approximate surface area is 116 Å². The van der Waals surface area contributed by atoms with Gasteiger partial charge in [-0.1, -0.05) is 11.8 Å². The van der Waals surface area contributed by atoms with Gasteiger partial charge in [0.25, 0.3) is 5.91 Å². The van der Waals surface area contributed by atoms with Crippen LogP contribution in [0.25, 0.3) is 0 Å². The Hall–Kier alpha value is -2.01. The van der Waals surface area contributed by atoms with Gasteiger partial charge in [-0.25, -0.2) is 4.98 Å². The number of nitrogens with zero attached hydrogens (tertiary/aromatic N) is 1. The molecule has 0 unspecified atom stereocenters. The second kappa shape index (κ2) is 5.32. The number of benzene rings is 1. The monoisotopic (exact) mass is 273 g/mol. The molecule has 0 radical (unpaired) electrons. The summed E-state index contributed by atoms with van der Waals surface area (Å²) in [7, 11) is 0. The molecule has 4 N–H and O–H groups in total. The first kappa shape index (κ1) is 13.4. The highest BCUT2D eigenvalue weighted by molar-refractivity contribution is 7.99. The van der Waals surface area contributed by atoms with E-state index in [0.29, 0.717) is 11.3 Å². The van der Waals surface area contributed by atoms with Crippen LogP contribution in [0.1, 0.15) is 21.6 Å².